The van der Waals surface area contributed by atoms with E-state index < -0.39 is 0 Å². The van der Waals surface area contributed by atoms with E-state index in [1.54, 1.807) is 11.3 Å². The first kappa shape index (κ1) is 9.19. The summed E-state index contributed by atoms with van der Waals surface area (Å²) in [5.74, 6) is 0. The quantitative estimate of drug-likeness (QED) is 0.800. The average Bonchev–Trinajstić information content (AvgIpc) is 2.72. The summed E-state index contributed by atoms with van der Waals surface area (Å²) in [6.45, 7) is 4.03. The second-order valence-corrected chi connectivity index (χ2v) is 4.46. The molecule has 1 saturated heterocycles. The van der Waals surface area contributed by atoms with Gasteiger partial charge in [0.15, 0.2) is 0 Å². The lowest BCUT2D eigenvalue weighted by molar-refractivity contribution is 0.113. The van der Waals surface area contributed by atoms with Crippen LogP contribution in [0, 0.1) is 0 Å². The van der Waals surface area contributed by atoms with Crippen LogP contribution in [-0.4, -0.2) is 18.8 Å². The van der Waals surface area contributed by atoms with E-state index in [-0.39, 0.29) is 0 Å². The molecule has 1 fully saturated rings. The molecule has 0 spiro atoms. The fraction of sp³-hybridized carbons (Fsp3) is 0.600. The lowest BCUT2D eigenvalue weighted by Gasteiger charge is -2.14. The van der Waals surface area contributed by atoms with Gasteiger partial charge in [-0.15, -0.1) is 11.3 Å². The van der Waals surface area contributed by atoms with E-state index in [9.17, 15) is 0 Å². The third-order valence-electron chi connectivity index (χ3n) is 2.49. The maximum absolute atomic E-state index is 5.48. The highest BCUT2D eigenvalue weighted by molar-refractivity contribution is 7.09. The zero-order chi connectivity index (χ0) is 9.10. The van der Waals surface area contributed by atoms with Crippen molar-refractivity contribution in [2.75, 3.05) is 6.61 Å². The van der Waals surface area contributed by atoms with Crippen LogP contribution < -0.4 is 5.32 Å². The summed E-state index contributed by atoms with van der Waals surface area (Å²) in [4.78, 5) is 1.40. The average molecular weight is 197 g/mol. The van der Waals surface area contributed by atoms with Crippen LogP contribution in [0.5, 0.6) is 0 Å². The number of rotatable bonds is 3. The molecule has 0 unspecified atom stereocenters. The standard InChI is InChI=1S/C10H15NOS/c1-8-10(4-5-12-8)11-7-9-3-2-6-13-9/h2-3,6,8,10-11H,4-5,7H2,1H3/t8-,10+/m0/s1. The Morgan fingerprint density at radius 1 is 1.69 bits per heavy atom. The van der Waals surface area contributed by atoms with E-state index in [0.29, 0.717) is 12.1 Å². The first-order valence-corrected chi connectivity index (χ1v) is 5.61. The van der Waals surface area contributed by atoms with E-state index >= 15 is 0 Å². The van der Waals surface area contributed by atoms with Crippen molar-refractivity contribution in [2.24, 2.45) is 0 Å². The maximum Gasteiger partial charge on any atom is 0.0700 e. The highest BCUT2D eigenvalue weighted by Gasteiger charge is 2.23. The third-order valence-corrected chi connectivity index (χ3v) is 3.37. The second-order valence-electron chi connectivity index (χ2n) is 3.43. The zero-order valence-corrected chi connectivity index (χ0v) is 8.64. The highest BCUT2D eigenvalue weighted by Crippen LogP contribution is 2.14. The monoisotopic (exact) mass is 197 g/mol. The maximum atomic E-state index is 5.48. The largest absolute Gasteiger partial charge is 0.377 e. The summed E-state index contributed by atoms with van der Waals surface area (Å²) in [5, 5.41) is 5.64. The van der Waals surface area contributed by atoms with Gasteiger partial charge in [-0.3, -0.25) is 0 Å². The minimum Gasteiger partial charge on any atom is -0.377 e. The summed E-state index contributed by atoms with van der Waals surface area (Å²) in [7, 11) is 0. The Bertz CT molecular complexity index is 247. The van der Waals surface area contributed by atoms with Crippen LogP contribution in [-0.2, 0) is 11.3 Å². The number of hydrogen-bond donors (Lipinski definition) is 1. The second kappa shape index (κ2) is 4.22. The minimum absolute atomic E-state index is 0.375. The summed E-state index contributed by atoms with van der Waals surface area (Å²) in [6.07, 6.45) is 1.52. The van der Waals surface area contributed by atoms with E-state index in [0.717, 1.165) is 19.6 Å². The van der Waals surface area contributed by atoms with E-state index in [2.05, 4.69) is 29.8 Å². The van der Waals surface area contributed by atoms with Crippen molar-refractivity contribution < 1.29 is 4.74 Å². The van der Waals surface area contributed by atoms with Gasteiger partial charge in [0.05, 0.1) is 6.10 Å². The number of hydrogen-bond acceptors (Lipinski definition) is 3. The molecule has 2 heterocycles. The van der Waals surface area contributed by atoms with Gasteiger partial charge in [0, 0.05) is 24.1 Å². The van der Waals surface area contributed by atoms with Crippen LogP contribution in [0.3, 0.4) is 0 Å². The molecule has 1 aliphatic heterocycles. The van der Waals surface area contributed by atoms with Gasteiger partial charge in [0.25, 0.3) is 0 Å². The fourth-order valence-electron chi connectivity index (χ4n) is 1.64. The van der Waals surface area contributed by atoms with E-state index in [4.69, 9.17) is 4.74 Å². The van der Waals surface area contributed by atoms with E-state index in [1.807, 2.05) is 0 Å². The molecule has 72 valence electrons. The Labute approximate surface area is 82.9 Å². The molecule has 1 aromatic heterocycles. The van der Waals surface area contributed by atoms with Gasteiger partial charge in [0.1, 0.15) is 0 Å². The molecule has 0 aromatic carbocycles. The molecular formula is C10H15NOS. The molecule has 0 saturated carbocycles. The normalized spacial score (nSPS) is 28.1. The van der Waals surface area contributed by atoms with Crippen molar-refractivity contribution in [1.29, 1.82) is 0 Å². The van der Waals surface area contributed by atoms with Crippen LogP contribution >= 0.6 is 11.3 Å². The first-order chi connectivity index (χ1) is 6.36. The highest BCUT2D eigenvalue weighted by atomic mass is 32.1. The van der Waals surface area contributed by atoms with Crippen LogP contribution in [0.2, 0.25) is 0 Å². The lowest BCUT2D eigenvalue weighted by Crippen LogP contribution is -2.33. The Hall–Kier alpha value is -0.380. The molecule has 0 bridgehead atoms. The van der Waals surface area contributed by atoms with Gasteiger partial charge < -0.3 is 10.1 Å². The Morgan fingerprint density at radius 3 is 3.23 bits per heavy atom. The number of nitrogens with one attached hydrogen (secondary N) is 1. The molecular weight excluding hydrogens is 182 g/mol. The van der Waals surface area contributed by atoms with Gasteiger partial charge in [-0.05, 0) is 24.8 Å². The van der Waals surface area contributed by atoms with Crippen molar-refractivity contribution >= 4 is 11.3 Å². The topological polar surface area (TPSA) is 21.3 Å². The van der Waals surface area contributed by atoms with Gasteiger partial charge in [0.2, 0.25) is 0 Å². The Morgan fingerprint density at radius 2 is 2.62 bits per heavy atom. The molecule has 13 heavy (non-hydrogen) atoms. The smallest absolute Gasteiger partial charge is 0.0700 e. The molecule has 0 aliphatic carbocycles. The van der Waals surface area contributed by atoms with Crippen molar-refractivity contribution in [1.82, 2.24) is 5.32 Å². The molecule has 1 aromatic rings. The molecule has 1 aliphatic rings. The zero-order valence-electron chi connectivity index (χ0n) is 7.82. The van der Waals surface area contributed by atoms with Gasteiger partial charge in [-0.1, -0.05) is 6.07 Å². The van der Waals surface area contributed by atoms with Gasteiger partial charge in [-0.2, -0.15) is 0 Å². The summed E-state index contributed by atoms with van der Waals surface area (Å²) in [6, 6.07) is 4.80. The predicted octanol–water partition coefficient (Wildman–Crippen LogP) is 2.02. The number of ether oxygens (including phenoxy) is 1. The van der Waals surface area contributed by atoms with Crippen LogP contribution in [0.15, 0.2) is 17.5 Å². The van der Waals surface area contributed by atoms with Crippen LogP contribution in [0.4, 0.5) is 0 Å². The van der Waals surface area contributed by atoms with Crippen LogP contribution in [0.25, 0.3) is 0 Å². The Kier molecular flexibility index (Phi) is 2.98. The summed E-state index contributed by atoms with van der Waals surface area (Å²) in [5.41, 5.74) is 0. The SMILES string of the molecule is C[C@@H]1OCC[C@H]1NCc1cccs1. The van der Waals surface area contributed by atoms with E-state index in [1.165, 1.54) is 4.88 Å². The first-order valence-electron chi connectivity index (χ1n) is 4.73. The molecule has 0 amide bonds. The molecule has 3 heteroatoms. The molecule has 2 atom stereocenters. The third kappa shape index (κ3) is 2.30. The molecule has 1 N–H and O–H groups in total. The van der Waals surface area contributed by atoms with Crippen molar-refractivity contribution in [2.45, 2.75) is 32.0 Å². The predicted molar refractivity (Wildman–Crippen MR) is 55.0 cm³/mol. The summed E-state index contributed by atoms with van der Waals surface area (Å²) < 4.78 is 5.48. The van der Waals surface area contributed by atoms with Crippen LogP contribution in [0.1, 0.15) is 18.2 Å². The van der Waals surface area contributed by atoms with Crippen molar-refractivity contribution in [3.8, 4) is 0 Å². The minimum atomic E-state index is 0.375. The van der Waals surface area contributed by atoms with Gasteiger partial charge in [-0.25, -0.2) is 0 Å². The summed E-state index contributed by atoms with van der Waals surface area (Å²) >= 11 is 1.80. The fourth-order valence-corrected chi connectivity index (χ4v) is 2.30. The Balaban J connectivity index is 1.79. The molecule has 2 rings (SSSR count). The number of thiophene rings is 1. The van der Waals surface area contributed by atoms with Gasteiger partial charge >= 0.3 is 0 Å². The molecule has 2 nitrogen and oxygen atoms in total. The molecule has 0 radical (unpaired) electrons. The van der Waals surface area contributed by atoms with Crippen molar-refractivity contribution in [3.63, 3.8) is 0 Å². The lowest BCUT2D eigenvalue weighted by atomic mass is 10.1. The van der Waals surface area contributed by atoms with Crippen molar-refractivity contribution in [3.05, 3.63) is 22.4 Å².